The Hall–Kier alpha value is -3.84. The van der Waals surface area contributed by atoms with E-state index < -0.39 is 55.7 Å². The third-order valence-corrected chi connectivity index (χ3v) is 10.9. The van der Waals surface area contributed by atoms with E-state index in [9.17, 15) is 26.4 Å². The third kappa shape index (κ3) is 7.51. The summed E-state index contributed by atoms with van der Waals surface area (Å²) < 4.78 is 75.2. The predicted molar refractivity (Wildman–Crippen MR) is 179 cm³/mol. The molecular weight excluding hydrogens is 667 g/mol. The number of benzene rings is 4. The fourth-order valence-electron chi connectivity index (χ4n) is 5.64. The van der Waals surface area contributed by atoms with E-state index >= 15 is 4.39 Å². The van der Waals surface area contributed by atoms with Gasteiger partial charge in [0.1, 0.15) is 24.0 Å². The third-order valence-electron chi connectivity index (χ3n) is 7.68. The molecular formula is C34H34ClFN2O7S2. The Morgan fingerprint density at radius 2 is 1.66 bits per heavy atom. The lowest BCUT2D eigenvalue weighted by Crippen LogP contribution is -2.56. The van der Waals surface area contributed by atoms with E-state index in [-0.39, 0.29) is 28.4 Å². The second kappa shape index (κ2) is 13.0. The molecule has 0 saturated carbocycles. The molecule has 0 N–H and O–H groups in total. The summed E-state index contributed by atoms with van der Waals surface area (Å²) in [7, 11) is -8.08. The predicted octanol–water partition coefficient (Wildman–Crippen LogP) is 6.23. The molecule has 5 rings (SSSR count). The van der Waals surface area contributed by atoms with E-state index in [0.29, 0.717) is 33.3 Å². The minimum absolute atomic E-state index is 0.0287. The highest BCUT2D eigenvalue weighted by Crippen LogP contribution is 2.34. The van der Waals surface area contributed by atoms with Crippen LogP contribution in [0.25, 0.3) is 21.9 Å². The first-order valence-electron chi connectivity index (χ1n) is 14.8. The monoisotopic (exact) mass is 700 g/mol. The van der Waals surface area contributed by atoms with Gasteiger partial charge >= 0.3 is 5.97 Å². The number of rotatable bonds is 8. The molecule has 1 atom stereocenters. The molecule has 0 spiro atoms. The number of anilines is 1. The number of halogens is 2. The van der Waals surface area contributed by atoms with E-state index in [1.165, 1.54) is 30.3 Å². The summed E-state index contributed by atoms with van der Waals surface area (Å²) >= 11 is 6.10. The molecule has 9 nitrogen and oxygen atoms in total. The van der Waals surface area contributed by atoms with Gasteiger partial charge in [-0.2, -0.15) is 4.31 Å². The standard InChI is InChI=1S/C34H34ClFN2O7S2/c1-34(2,3)45-32(39)21-38(47(43,44)26-15-12-22-18-25(35)14-11-23(22)19-26)30-9-7-17-37(33(30)40)29-16-13-24(20-28(29)36)27-8-5-6-10-31(27)46(4,41)42/h5-6,8,10-16,18-20,30H,7,9,17,21H2,1-4H3. The van der Waals surface area contributed by atoms with Gasteiger partial charge in [0.2, 0.25) is 15.9 Å². The van der Waals surface area contributed by atoms with Crippen molar-refractivity contribution < 1.29 is 35.6 Å². The molecule has 0 aromatic heterocycles. The number of sulfonamides is 1. The lowest BCUT2D eigenvalue weighted by molar-refractivity contribution is -0.155. The Morgan fingerprint density at radius 1 is 0.979 bits per heavy atom. The Labute approximate surface area is 278 Å². The molecule has 1 aliphatic rings. The van der Waals surface area contributed by atoms with Crippen molar-refractivity contribution in [3.8, 4) is 11.1 Å². The maximum Gasteiger partial charge on any atom is 0.321 e. The van der Waals surface area contributed by atoms with Gasteiger partial charge in [-0.1, -0.05) is 48.0 Å². The number of esters is 1. The Balaban J connectivity index is 1.52. The van der Waals surface area contributed by atoms with Crippen LogP contribution in [-0.4, -0.2) is 64.0 Å². The highest BCUT2D eigenvalue weighted by molar-refractivity contribution is 7.90. The number of carbonyl (C=O) groups excluding carboxylic acids is 2. The number of nitrogens with zero attached hydrogens (tertiary/aromatic N) is 2. The van der Waals surface area contributed by atoms with E-state index in [1.807, 2.05) is 0 Å². The average molecular weight is 701 g/mol. The highest BCUT2D eigenvalue weighted by atomic mass is 35.5. The largest absolute Gasteiger partial charge is 0.459 e. The summed E-state index contributed by atoms with van der Waals surface area (Å²) in [5, 5.41) is 1.77. The minimum atomic E-state index is -4.46. The Morgan fingerprint density at radius 3 is 2.34 bits per heavy atom. The summed E-state index contributed by atoms with van der Waals surface area (Å²) in [5.74, 6) is -2.35. The van der Waals surface area contributed by atoms with Gasteiger partial charge in [-0.3, -0.25) is 9.59 Å². The molecule has 4 aromatic carbocycles. The van der Waals surface area contributed by atoms with Crippen molar-refractivity contribution in [2.75, 3.05) is 24.2 Å². The number of hydrogen-bond donors (Lipinski definition) is 0. The summed E-state index contributed by atoms with van der Waals surface area (Å²) in [6, 6.07) is 18.3. The summed E-state index contributed by atoms with van der Waals surface area (Å²) in [4.78, 5) is 28.2. The van der Waals surface area contributed by atoms with Crippen molar-refractivity contribution in [1.82, 2.24) is 4.31 Å². The Bertz CT molecular complexity index is 2100. The van der Waals surface area contributed by atoms with Gasteiger partial charge < -0.3 is 9.64 Å². The highest BCUT2D eigenvalue weighted by Gasteiger charge is 2.42. The topological polar surface area (TPSA) is 118 Å². The molecule has 0 bridgehead atoms. The van der Waals surface area contributed by atoms with Gasteiger partial charge in [-0.05, 0) is 92.4 Å². The molecule has 0 radical (unpaired) electrons. The van der Waals surface area contributed by atoms with Crippen molar-refractivity contribution in [2.24, 2.45) is 0 Å². The molecule has 0 aliphatic carbocycles. The first-order valence-corrected chi connectivity index (χ1v) is 18.5. The zero-order chi connectivity index (χ0) is 34.3. The fourth-order valence-corrected chi connectivity index (χ4v) is 8.32. The van der Waals surface area contributed by atoms with Gasteiger partial charge in [0.15, 0.2) is 9.84 Å². The fraction of sp³-hybridized carbons (Fsp3) is 0.294. The minimum Gasteiger partial charge on any atom is -0.459 e. The number of hydrogen-bond acceptors (Lipinski definition) is 7. The second-order valence-corrected chi connectivity index (χ2v) is 16.7. The van der Waals surface area contributed by atoms with Crippen LogP contribution in [0.5, 0.6) is 0 Å². The first kappa shape index (κ1) is 34.5. The van der Waals surface area contributed by atoms with Crippen molar-refractivity contribution in [2.45, 2.75) is 55.0 Å². The molecule has 1 fully saturated rings. The quantitative estimate of drug-likeness (QED) is 0.200. The van der Waals surface area contributed by atoms with Crippen LogP contribution < -0.4 is 4.90 Å². The van der Waals surface area contributed by atoms with E-state index in [0.717, 1.165) is 21.5 Å². The molecule has 248 valence electrons. The number of fused-ring (bicyclic) bond motifs is 1. The van der Waals surface area contributed by atoms with E-state index in [4.69, 9.17) is 16.3 Å². The first-order chi connectivity index (χ1) is 22.0. The molecule has 4 aromatic rings. The van der Waals surface area contributed by atoms with Crippen molar-refractivity contribution in [1.29, 1.82) is 0 Å². The Kier molecular flexibility index (Phi) is 9.53. The van der Waals surface area contributed by atoms with Crippen LogP contribution in [0.15, 0.2) is 88.7 Å². The van der Waals surface area contributed by atoms with Crippen LogP contribution in [-0.2, 0) is 34.2 Å². The van der Waals surface area contributed by atoms with Crippen molar-refractivity contribution in [3.05, 3.63) is 89.7 Å². The number of sulfone groups is 1. The van der Waals surface area contributed by atoms with E-state index in [2.05, 4.69) is 0 Å². The van der Waals surface area contributed by atoms with Crippen LogP contribution >= 0.6 is 11.6 Å². The average Bonchev–Trinajstić information content (AvgIpc) is 2.98. The second-order valence-electron chi connectivity index (χ2n) is 12.4. The lowest BCUT2D eigenvalue weighted by atomic mass is 10.0. The number of amides is 1. The molecule has 47 heavy (non-hydrogen) atoms. The zero-order valence-electron chi connectivity index (χ0n) is 26.2. The van der Waals surface area contributed by atoms with Gasteiger partial charge in [-0.25, -0.2) is 21.2 Å². The van der Waals surface area contributed by atoms with Crippen molar-refractivity contribution >= 4 is 59.8 Å². The smallest absolute Gasteiger partial charge is 0.321 e. The molecule has 1 heterocycles. The SMILES string of the molecule is CC(C)(C)OC(=O)CN(C1CCCN(c2ccc(-c3ccccc3S(C)(=O)=O)cc2F)C1=O)S(=O)(=O)c1ccc2cc(Cl)ccc2c1. The normalized spacial score (nSPS) is 16.1. The summed E-state index contributed by atoms with van der Waals surface area (Å²) in [5.41, 5.74) is -0.425. The maximum atomic E-state index is 15.8. The maximum absolute atomic E-state index is 15.8. The van der Waals surface area contributed by atoms with Gasteiger partial charge in [0, 0.05) is 23.4 Å². The summed E-state index contributed by atoms with van der Waals surface area (Å²) in [6.45, 7) is 4.29. The van der Waals surface area contributed by atoms with E-state index in [1.54, 1.807) is 63.2 Å². The van der Waals surface area contributed by atoms with Gasteiger partial charge in [-0.15, -0.1) is 0 Å². The van der Waals surface area contributed by atoms with Crippen LogP contribution in [0.1, 0.15) is 33.6 Å². The molecule has 1 saturated heterocycles. The molecule has 1 unspecified atom stereocenters. The van der Waals surface area contributed by atoms with Crippen LogP contribution in [0.4, 0.5) is 10.1 Å². The van der Waals surface area contributed by atoms with Crippen LogP contribution in [0.3, 0.4) is 0 Å². The van der Waals surface area contributed by atoms with Crippen molar-refractivity contribution in [3.63, 3.8) is 0 Å². The summed E-state index contributed by atoms with van der Waals surface area (Å²) in [6.07, 6.45) is 1.46. The zero-order valence-corrected chi connectivity index (χ0v) is 28.6. The number of carbonyl (C=O) groups is 2. The lowest BCUT2D eigenvalue weighted by Gasteiger charge is -2.38. The molecule has 1 amide bonds. The van der Waals surface area contributed by atoms with Gasteiger partial charge in [0.25, 0.3) is 0 Å². The molecule has 1 aliphatic heterocycles. The van der Waals surface area contributed by atoms with Crippen LogP contribution in [0, 0.1) is 5.82 Å². The number of piperidine rings is 1. The van der Waals surface area contributed by atoms with Gasteiger partial charge in [0.05, 0.1) is 15.5 Å². The number of ether oxygens (including phenoxy) is 1. The molecule has 13 heteroatoms. The van der Waals surface area contributed by atoms with Crippen LogP contribution in [0.2, 0.25) is 5.02 Å².